The summed E-state index contributed by atoms with van der Waals surface area (Å²) < 4.78 is 5.82. The molecule has 0 aromatic carbocycles. The van der Waals surface area contributed by atoms with E-state index in [0.29, 0.717) is 48.3 Å². The summed E-state index contributed by atoms with van der Waals surface area (Å²) >= 11 is 0. The summed E-state index contributed by atoms with van der Waals surface area (Å²) in [5, 5.41) is 10.6. The van der Waals surface area contributed by atoms with Crippen molar-refractivity contribution in [3.63, 3.8) is 0 Å². The van der Waals surface area contributed by atoms with Gasteiger partial charge in [0.2, 0.25) is 11.9 Å². The van der Waals surface area contributed by atoms with Gasteiger partial charge in [0.05, 0.1) is 6.61 Å². The molecule has 6 rings (SSSR count). The number of piperidine rings is 2. The molecule has 9 heteroatoms. The minimum Gasteiger partial charge on any atom is -0.491 e. The topological polar surface area (TPSA) is 99.3 Å². The first-order chi connectivity index (χ1) is 17.0. The van der Waals surface area contributed by atoms with Gasteiger partial charge in [-0.25, -0.2) is 4.98 Å². The molecule has 2 aromatic heterocycles. The fraction of sp³-hybridized carbons (Fsp3) is 0.615. The van der Waals surface area contributed by atoms with E-state index >= 15 is 0 Å². The number of aromatic nitrogens is 4. The molecule has 0 unspecified atom stereocenters. The smallest absolute Gasteiger partial charge is 0.227 e. The molecular formula is C26H35N7O2. The summed E-state index contributed by atoms with van der Waals surface area (Å²) in [6.07, 6.45) is 11.5. The third-order valence-corrected chi connectivity index (χ3v) is 7.90. The molecule has 3 aliphatic heterocycles. The van der Waals surface area contributed by atoms with Gasteiger partial charge in [0.1, 0.15) is 17.3 Å². The number of hydrogen-bond donors (Lipinski definition) is 2. The van der Waals surface area contributed by atoms with Crippen molar-refractivity contribution in [2.24, 2.45) is 5.92 Å². The van der Waals surface area contributed by atoms with Crippen molar-refractivity contribution in [3.05, 3.63) is 29.6 Å². The predicted molar refractivity (Wildman–Crippen MR) is 134 cm³/mol. The van der Waals surface area contributed by atoms with Crippen LogP contribution in [-0.2, 0) is 9.53 Å². The van der Waals surface area contributed by atoms with Gasteiger partial charge >= 0.3 is 0 Å². The summed E-state index contributed by atoms with van der Waals surface area (Å²) in [6.45, 7) is 2.65. The first kappa shape index (κ1) is 22.4. The summed E-state index contributed by atoms with van der Waals surface area (Å²) in [7, 11) is 2.09. The molecule has 186 valence electrons. The van der Waals surface area contributed by atoms with Crippen LogP contribution in [0.3, 0.4) is 0 Å². The molecule has 0 spiro atoms. The number of carbonyl (C=O) groups excluding carboxylic acids is 1. The average Bonchev–Trinajstić information content (AvgIpc) is 3.30. The molecule has 0 radical (unpaired) electrons. The van der Waals surface area contributed by atoms with Gasteiger partial charge in [-0.2, -0.15) is 10.1 Å². The Kier molecular flexibility index (Phi) is 5.86. The molecule has 4 aliphatic rings. The van der Waals surface area contributed by atoms with E-state index in [1.54, 1.807) is 0 Å². The number of rotatable bonds is 7. The van der Waals surface area contributed by atoms with E-state index in [0.717, 1.165) is 61.5 Å². The lowest BCUT2D eigenvalue weighted by molar-refractivity contribution is -0.141. The van der Waals surface area contributed by atoms with Gasteiger partial charge in [-0.15, -0.1) is 0 Å². The van der Waals surface area contributed by atoms with Crippen LogP contribution in [0.5, 0.6) is 0 Å². The minimum atomic E-state index is 0.296. The molecule has 2 N–H and O–H groups in total. The number of fused-ring (bicyclic) bond motifs is 2. The van der Waals surface area contributed by atoms with Crippen molar-refractivity contribution < 1.29 is 9.53 Å². The van der Waals surface area contributed by atoms with Crippen LogP contribution >= 0.6 is 0 Å². The van der Waals surface area contributed by atoms with E-state index in [1.165, 1.54) is 19.3 Å². The van der Waals surface area contributed by atoms with Crippen molar-refractivity contribution in [1.82, 2.24) is 25.1 Å². The zero-order chi connectivity index (χ0) is 23.9. The highest BCUT2D eigenvalue weighted by Gasteiger charge is 2.43. The van der Waals surface area contributed by atoms with Crippen molar-refractivity contribution in [2.75, 3.05) is 23.9 Å². The van der Waals surface area contributed by atoms with Crippen molar-refractivity contribution in [1.29, 1.82) is 0 Å². The van der Waals surface area contributed by atoms with Crippen LogP contribution in [0.25, 0.3) is 5.76 Å². The van der Waals surface area contributed by atoms with Gasteiger partial charge < -0.3 is 19.9 Å². The highest BCUT2D eigenvalue weighted by molar-refractivity contribution is 5.78. The van der Waals surface area contributed by atoms with Gasteiger partial charge in [0.25, 0.3) is 0 Å². The molecule has 9 nitrogen and oxygen atoms in total. The van der Waals surface area contributed by atoms with Gasteiger partial charge in [-0.05, 0) is 63.9 Å². The summed E-state index contributed by atoms with van der Waals surface area (Å²) in [5.74, 6) is 3.91. The summed E-state index contributed by atoms with van der Waals surface area (Å²) in [4.78, 5) is 27.3. The van der Waals surface area contributed by atoms with E-state index in [9.17, 15) is 4.79 Å². The van der Waals surface area contributed by atoms with Gasteiger partial charge in [-0.3, -0.25) is 9.89 Å². The Labute approximate surface area is 206 Å². The normalized spacial score (nSPS) is 25.7. The highest BCUT2D eigenvalue weighted by Crippen LogP contribution is 2.40. The molecule has 3 atom stereocenters. The zero-order valence-corrected chi connectivity index (χ0v) is 20.7. The van der Waals surface area contributed by atoms with Crippen LogP contribution in [0.15, 0.2) is 18.2 Å². The highest BCUT2D eigenvalue weighted by atomic mass is 16.5. The molecule has 35 heavy (non-hydrogen) atoms. The summed E-state index contributed by atoms with van der Waals surface area (Å²) in [5.41, 5.74) is 1.77. The summed E-state index contributed by atoms with van der Waals surface area (Å²) in [6, 6.07) is 4.83. The van der Waals surface area contributed by atoms with E-state index in [-0.39, 0.29) is 0 Å². The quantitative estimate of drug-likeness (QED) is 0.618. The molecule has 2 bridgehead atoms. The van der Waals surface area contributed by atoms with Crippen LogP contribution in [0, 0.1) is 12.8 Å². The van der Waals surface area contributed by atoms with E-state index in [2.05, 4.69) is 38.4 Å². The van der Waals surface area contributed by atoms with Crippen LogP contribution in [0.1, 0.15) is 69.2 Å². The minimum absolute atomic E-state index is 0.296. The van der Waals surface area contributed by atoms with E-state index in [4.69, 9.17) is 14.7 Å². The van der Waals surface area contributed by atoms with Crippen molar-refractivity contribution in [2.45, 2.75) is 82.8 Å². The van der Waals surface area contributed by atoms with E-state index < -0.39 is 0 Å². The lowest BCUT2D eigenvalue weighted by Crippen LogP contribution is -2.58. The maximum atomic E-state index is 13.1. The Morgan fingerprint density at radius 2 is 1.97 bits per heavy atom. The number of hydrogen-bond acceptors (Lipinski definition) is 7. The van der Waals surface area contributed by atoms with Gasteiger partial charge in [-0.1, -0.05) is 0 Å². The van der Waals surface area contributed by atoms with Crippen LogP contribution in [0.2, 0.25) is 0 Å². The lowest BCUT2D eigenvalue weighted by Gasteiger charge is -2.50. The maximum absolute atomic E-state index is 13.1. The molecule has 1 amide bonds. The van der Waals surface area contributed by atoms with Crippen LogP contribution in [0.4, 0.5) is 17.6 Å². The number of ether oxygens (including phenoxy) is 1. The predicted octanol–water partition coefficient (Wildman–Crippen LogP) is 4.16. The number of carbonyl (C=O) groups is 1. The Morgan fingerprint density at radius 3 is 2.63 bits per heavy atom. The zero-order valence-electron chi connectivity index (χ0n) is 20.7. The second kappa shape index (κ2) is 9.17. The maximum Gasteiger partial charge on any atom is 0.227 e. The van der Waals surface area contributed by atoms with Crippen molar-refractivity contribution >= 4 is 29.3 Å². The standard InChI is InChI=1S/C26H35N7O2/c1-16-11-24(31-30-16)28-23-15-21(22-7-4-10-35-22)27-26(29-23)32(2)20-13-18-5-3-6-19(14-20)33(18)25(34)12-17-8-9-17/h7,11,15,17-20H,3-6,8-10,12-14H2,1-2H3,(H2,27,28,29,30,31)/t18-,19+,20+. The number of nitrogens with one attached hydrogen (secondary N) is 2. The van der Waals surface area contributed by atoms with Crippen LogP contribution < -0.4 is 10.2 Å². The molecule has 1 saturated carbocycles. The molecular weight excluding hydrogens is 442 g/mol. The fourth-order valence-electron chi connectivity index (χ4n) is 5.91. The second-order valence-corrected chi connectivity index (χ2v) is 10.6. The number of anilines is 3. The molecule has 5 heterocycles. The average molecular weight is 478 g/mol. The molecule has 1 aliphatic carbocycles. The Morgan fingerprint density at radius 1 is 1.17 bits per heavy atom. The largest absolute Gasteiger partial charge is 0.491 e. The third-order valence-electron chi connectivity index (χ3n) is 7.90. The first-order valence-electron chi connectivity index (χ1n) is 13.1. The Bertz CT molecular complexity index is 1110. The fourth-order valence-corrected chi connectivity index (χ4v) is 5.91. The van der Waals surface area contributed by atoms with Gasteiger partial charge in [0.15, 0.2) is 5.82 Å². The van der Waals surface area contributed by atoms with E-state index in [1.807, 2.05) is 19.1 Å². The van der Waals surface area contributed by atoms with Crippen LogP contribution in [-0.4, -0.2) is 62.8 Å². The number of H-pyrrole nitrogens is 1. The van der Waals surface area contributed by atoms with Crippen molar-refractivity contribution in [3.8, 4) is 0 Å². The van der Waals surface area contributed by atoms with Gasteiger partial charge in [0, 0.05) is 55.8 Å². The Hall–Kier alpha value is -3.10. The monoisotopic (exact) mass is 477 g/mol. The Balaban J connectivity index is 1.24. The third kappa shape index (κ3) is 4.73. The number of amides is 1. The SMILES string of the molecule is Cc1cc(Nc2cc(C3=CCCO3)nc(N(C)[C@H]3C[C@H]4CCC[C@@H](C3)N4C(=O)CC3CC3)n2)n[nH]1. The second-order valence-electron chi connectivity index (χ2n) is 10.6. The first-order valence-corrected chi connectivity index (χ1v) is 13.1. The molecule has 2 saturated heterocycles. The number of aryl methyl sites for hydroxylation is 1. The number of nitrogens with zero attached hydrogens (tertiary/aromatic N) is 5. The molecule has 3 fully saturated rings. The molecule has 2 aromatic rings. The number of aromatic amines is 1. The lowest BCUT2D eigenvalue weighted by atomic mass is 9.81.